The number of hydrogen-bond donors (Lipinski definition) is 1. The average molecular weight is 368 g/mol. The monoisotopic (exact) mass is 368 g/mol. The lowest BCUT2D eigenvalue weighted by atomic mass is 10.00. The first-order chi connectivity index (χ1) is 13.7. The SMILES string of the molecule is COc1ccc(Cn2nc(Cc3cccc4ccccc34)c(C#N)c2N)cc1. The van der Waals surface area contributed by atoms with Crippen LogP contribution in [0, 0.1) is 11.3 Å². The second-order valence-electron chi connectivity index (χ2n) is 6.64. The minimum atomic E-state index is 0.397. The van der Waals surface area contributed by atoms with Crippen LogP contribution in [-0.4, -0.2) is 16.9 Å². The number of aromatic nitrogens is 2. The van der Waals surface area contributed by atoms with Crippen molar-refractivity contribution in [2.75, 3.05) is 12.8 Å². The zero-order valence-electron chi connectivity index (χ0n) is 15.6. The van der Waals surface area contributed by atoms with Crippen molar-refractivity contribution in [2.24, 2.45) is 0 Å². The van der Waals surface area contributed by atoms with Gasteiger partial charge in [-0.1, -0.05) is 54.6 Å². The van der Waals surface area contributed by atoms with E-state index in [1.807, 2.05) is 42.5 Å². The smallest absolute Gasteiger partial charge is 0.140 e. The van der Waals surface area contributed by atoms with Gasteiger partial charge in [0.25, 0.3) is 0 Å². The molecule has 0 atom stereocenters. The minimum absolute atomic E-state index is 0.397. The molecular weight excluding hydrogens is 348 g/mol. The minimum Gasteiger partial charge on any atom is -0.497 e. The zero-order chi connectivity index (χ0) is 19.5. The molecule has 2 N–H and O–H groups in total. The second kappa shape index (κ2) is 7.45. The van der Waals surface area contributed by atoms with Crippen molar-refractivity contribution < 1.29 is 4.74 Å². The van der Waals surface area contributed by atoms with Crippen LogP contribution < -0.4 is 10.5 Å². The number of methoxy groups -OCH3 is 1. The quantitative estimate of drug-likeness (QED) is 0.574. The van der Waals surface area contributed by atoms with Crippen molar-refractivity contribution in [1.82, 2.24) is 9.78 Å². The topological polar surface area (TPSA) is 76.9 Å². The van der Waals surface area contributed by atoms with Crippen LogP contribution in [0.3, 0.4) is 0 Å². The van der Waals surface area contributed by atoms with Crippen molar-refractivity contribution in [3.05, 3.63) is 89.1 Å². The fourth-order valence-corrected chi connectivity index (χ4v) is 3.42. The molecule has 1 heterocycles. The summed E-state index contributed by atoms with van der Waals surface area (Å²) in [6.07, 6.45) is 0.560. The molecule has 0 saturated heterocycles. The second-order valence-corrected chi connectivity index (χ2v) is 6.64. The van der Waals surface area contributed by atoms with Crippen LogP contribution in [0.5, 0.6) is 5.75 Å². The summed E-state index contributed by atoms with van der Waals surface area (Å²) in [7, 11) is 1.64. The summed E-state index contributed by atoms with van der Waals surface area (Å²) in [6.45, 7) is 0.500. The van der Waals surface area contributed by atoms with E-state index in [9.17, 15) is 5.26 Å². The number of anilines is 1. The van der Waals surface area contributed by atoms with Gasteiger partial charge in [-0.05, 0) is 34.0 Å². The van der Waals surface area contributed by atoms with Crippen molar-refractivity contribution >= 4 is 16.6 Å². The molecule has 0 radical (unpaired) electrons. The number of nitrogens with zero attached hydrogens (tertiary/aromatic N) is 3. The highest BCUT2D eigenvalue weighted by atomic mass is 16.5. The summed E-state index contributed by atoms with van der Waals surface area (Å²) in [5.74, 6) is 1.19. The largest absolute Gasteiger partial charge is 0.497 e. The van der Waals surface area contributed by atoms with Gasteiger partial charge in [-0.15, -0.1) is 0 Å². The van der Waals surface area contributed by atoms with Gasteiger partial charge in [-0.3, -0.25) is 0 Å². The summed E-state index contributed by atoms with van der Waals surface area (Å²) >= 11 is 0. The highest BCUT2D eigenvalue weighted by Crippen LogP contribution is 2.25. The molecule has 28 heavy (non-hydrogen) atoms. The Morgan fingerprint density at radius 3 is 2.54 bits per heavy atom. The molecule has 4 aromatic rings. The molecule has 0 amide bonds. The number of hydrogen-bond acceptors (Lipinski definition) is 4. The average Bonchev–Trinajstić information content (AvgIpc) is 3.03. The van der Waals surface area contributed by atoms with Crippen LogP contribution >= 0.6 is 0 Å². The first kappa shape index (κ1) is 17.6. The van der Waals surface area contributed by atoms with Gasteiger partial charge in [0.15, 0.2) is 0 Å². The van der Waals surface area contributed by atoms with Gasteiger partial charge in [-0.25, -0.2) is 4.68 Å². The molecule has 1 aromatic heterocycles. The fraction of sp³-hybridized carbons (Fsp3) is 0.130. The van der Waals surface area contributed by atoms with E-state index in [1.165, 1.54) is 5.39 Å². The Balaban J connectivity index is 1.68. The van der Waals surface area contributed by atoms with Gasteiger partial charge in [0.05, 0.1) is 19.3 Å². The molecule has 4 rings (SSSR count). The highest BCUT2D eigenvalue weighted by Gasteiger charge is 2.17. The van der Waals surface area contributed by atoms with Crippen LogP contribution in [0.15, 0.2) is 66.7 Å². The Morgan fingerprint density at radius 2 is 1.79 bits per heavy atom. The number of nitriles is 1. The van der Waals surface area contributed by atoms with Gasteiger partial charge >= 0.3 is 0 Å². The van der Waals surface area contributed by atoms with Gasteiger partial charge in [-0.2, -0.15) is 10.4 Å². The molecule has 0 bridgehead atoms. The van der Waals surface area contributed by atoms with Crippen molar-refractivity contribution in [1.29, 1.82) is 5.26 Å². The maximum atomic E-state index is 9.64. The van der Waals surface area contributed by atoms with Gasteiger partial charge in [0.2, 0.25) is 0 Å². The lowest BCUT2D eigenvalue weighted by Crippen LogP contribution is -2.06. The predicted octanol–water partition coefficient (Wildman–Crippen LogP) is 4.14. The molecule has 3 aromatic carbocycles. The molecule has 0 aliphatic carbocycles. The number of benzene rings is 3. The Bertz CT molecular complexity index is 1160. The first-order valence-corrected chi connectivity index (χ1v) is 9.04. The van der Waals surface area contributed by atoms with E-state index in [2.05, 4.69) is 35.4 Å². The number of rotatable bonds is 5. The van der Waals surface area contributed by atoms with E-state index >= 15 is 0 Å². The molecule has 0 aliphatic heterocycles. The Labute approximate surface area is 163 Å². The molecule has 0 saturated carbocycles. The number of ether oxygens (including phenoxy) is 1. The molecule has 0 fully saturated rings. The van der Waals surface area contributed by atoms with Crippen molar-refractivity contribution in [3.63, 3.8) is 0 Å². The Morgan fingerprint density at radius 1 is 1.04 bits per heavy atom. The van der Waals surface area contributed by atoms with Crippen LogP contribution in [0.2, 0.25) is 0 Å². The number of fused-ring (bicyclic) bond motifs is 1. The maximum absolute atomic E-state index is 9.64. The number of nitrogen functional groups attached to an aromatic ring is 1. The van der Waals surface area contributed by atoms with Crippen molar-refractivity contribution in [3.8, 4) is 11.8 Å². The van der Waals surface area contributed by atoms with E-state index in [-0.39, 0.29) is 0 Å². The third kappa shape index (κ3) is 3.28. The lowest BCUT2D eigenvalue weighted by molar-refractivity contribution is 0.414. The van der Waals surface area contributed by atoms with E-state index in [0.717, 1.165) is 22.3 Å². The van der Waals surface area contributed by atoms with Gasteiger partial charge in [0, 0.05) is 6.42 Å². The van der Waals surface area contributed by atoms with Gasteiger partial charge < -0.3 is 10.5 Å². The van der Waals surface area contributed by atoms with E-state index in [1.54, 1.807) is 11.8 Å². The van der Waals surface area contributed by atoms with Crippen LogP contribution in [0.1, 0.15) is 22.4 Å². The molecule has 138 valence electrons. The Hall–Kier alpha value is -3.78. The van der Waals surface area contributed by atoms with Crippen LogP contribution in [-0.2, 0) is 13.0 Å². The molecule has 5 heteroatoms. The summed E-state index contributed by atoms with van der Waals surface area (Å²) < 4.78 is 6.89. The van der Waals surface area contributed by atoms with E-state index < -0.39 is 0 Å². The Kier molecular flexibility index (Phi) is 4.69. The standard InChI is InChI=1S/C23H20N4O/c1-28-19-11-9-16(10-12-19)15-27-23(25)21(14-24)22(26-27)13-18-7-4-6-17-5-2-3-8-20(17)18/h2-12H,13,15,25H2,1H3. The normalized spacial score (nSPS) is 10.7. The third-order valence-corrected chi connectivity index (χ3v) is 4.91. The molecule has 5 nitrogen and oxygen atoms in total. The molecule has 0 unspecified atom stereocenters. The van der Waals surface area contributed by atoms with E-state index in [4.69, 9.17) is 10.5 Å². The summed E-state index contributed by atoms with van der Waals surface area (Å²) in [5.41, 5.74) is 9.55. The highest BCUT2D eigenvalue weighted by molar-refractivity contribution is 5.86. The van der Waals surface area contributed by atoms with E-state index in [0.29, 0.717) is 30.0 Å². The predicted molar refractivity (Wildman–Crippen MR) is 110 cm³/mol. The fourth-order valence-electron chi connectivity index (χ4n) is 3.42. The molecular formula is C23H20N4O. The van der Waals surface area contributed by atoms with Crippen LogP contribution in [0.25, 0.3) is 10.8 Å². The molecule has 0 spiro atoms. The maximum Gasteiger partial charge on any atom is 0.140 e. The van der Waals surface area contributed by atoms with Crippen molar-refractivity contribution in [2.45, 2.75) is 13.0 Å². The van der Waals surface area contributed by atoms with Crippen LogP contribution in [0.4, 0.5) is 5.82 Å². The zero-order valence-corrected chi connectivity index (χ0v) is 15.6. The summed E-state index contributed by atoms with van der Waals surface area (Å²) in [6, 6.07) is 24.4. The number of nitrogens with two attached hydrogens (primary N) is 1. The third-order valence-electron chi connectivity index (χ3n) is 4.91. The molecule has 0 aliphatic rings. The summed E-state index contributed by atoms with van der Waals surface area (Å²) in [4.78, 5) is 0. The lowest BCUT2D eigenvalue weighted by Gasteiger charge is -2.06. The summed E-state index contributed by atoms with van der Waals surface area (Å²) in [5, 5.41) is 16.6. The van der Waals surface area contributed by atoms with Gasteiger partial charge in [0.1, 0.15) is 23.2 Å². The first-order valence-electron chi connectivity index (χ1n) is 9.04.